The van der Waals surface area contributed by atoms with Crippen molar-refractivity contribution in [2.45, 2.75) is 31.5 Å². The number of rotatable bonds is 8. The van der Waals surface area contributed by atoms with E-state index in [9.17, 15) is 23.1 Å². The Labute approximate surface area is 192 Å². The van der Waals surface area contributed by atoms with E-state index in [2.05, 4.69) is 4.98 Å². The first-order chi connectivity index (χ1) is 15.8. The van der Waals surface area contributed by atoms with Gasteiger partial charge in [0.2, 0.25) is 5.88 Å². The van der Waals surface area contributed by atoms with Gasteiger partial charge in [0.05, 0.1) is 23.8 Å². The van der Waals surface area contributed by atoms with Crippen molar-refractivity contribution in [2.75, 3.05) is 7.11 Å². The lowest BCUT2D eigenvalue weighted by Crippen LogP contribution is -2.06. The van der Waals surface area contributed by atoms with Gasteiger partial charge in [-0.2, -0.15) is 13.2 Å². The average molecular weight is 475 g/mol. The van der Waals surface area contributed by atoms with Crippen molar-refractivity contribution in [1.82, 2.24) is 4.98 Å². The number of methoxy groups -OCH3 is 1. The van der Waals surface area contributed by atoms with E-state index in [0.29, 0.717) is 33.5 Å². The summed E-state index contributed by atoms with van der Waals surface area (Å²) in [5.74, 6) is -0.375. The van der Waals surface area contributed by atoms with E-state index in [0.717, 1.165) is 29.9 Å². The van der Waals surface area contributed by atoms with Crippen LogP contribution in [-0.4, -0.2) is 23.2 Å². The molecule has 5 nitrogen and oxygen atoms in total. The molecule has 0 unspecified atom stereocenters. The third-order valence-electron chi connectivity index (χ3n) is 5.17. The van der Waals surface area contributed by atoms with Crippen LogP contribution >= 0.6 is 11.3 Å². The lowest BCUT2D eigenvalue weighted by molar-refractivity contribution is -0.137. The van der Waals surface area contributed by atoms with Crippen molar-refractivity contribution in [1.29, 1.82) is 0 Å². The van der Waals surface area contributed by atoms with Gasteiger partial charge in [0.15, 0.2) is 0 Å². The van der Waals surface area contributed by atoms with Crippen molar-refractivity contribution in [3.63, 3.8) is 0 Å². The fourth-order valence-corrected chi connectivity index (χ4v) is 4.54. The van der Waals surface area contributed by atoms with Crippen LogP contribution in [0.2, 0.25) is 0 Å². The third-order valence-corrected chi connectivity index (χ3v) is 6.41. The SMILES string of the molecule is CO/C=C(/C(=O)O)c1ccccc1COc1nc(-c2ccc(C(F)(F)F)cc2)sc1C1CC1. The number of carbonyl (C=O) groups is 1. The van der Waals surface area contributed by atoms with Gasteiger partial charge in [-0.25, -0.2) is 9.78 Å². The van der Waals surface area contributed by atoms with Gasteiger partial charge in [0.25, 0.3) is 0 Å². The first-order valence-corrected chi connectivity index (χ1v) is 10.9. The molecule has 0 aliphatic heterocycles. The molecule has 0 bridgehead atoms. The molecule has 1 fully saturated rings. The number of alkyl halides is 3. The van der Waals surface area contributed by atoms with E-state index < -0.39 is 17.7 Å². The molecule has 33 heavy (non-hydrogen) atoms. The van der Waals surface area contributed by atoms with Crippen molar-refractivity contribution >= 4 is 22.9 Å². The molecule has 1 heterocycles. The van der Waals surface area contributed by atoms with E-state index >= 15 is 0 Å². The van der Waals surface area contributed by atoms with Gasteiger partial charge in [0, 0.05) is 5.56 Å². The van der Waals surface area contributed by atoms with E-state index in [1.807, 2.05) is 0 Å². The Hall–Kier alpha value is -3.33. The molecule has 1 aromatic heterocycles. The zero-order chi connectivity index (χ0) is 23.6. The normalized spacial score (nSPS) is 14.2. The Kier molecular flexibility index (Phi) is 6.42. The number of carboxylic acid groups (broad SMARTS) is 1. The highest BCUT2D eigenvalue weighted by Gasteiger charge is 2.32. The van der Waals surface area contributed by atoms with Gasteiger partial charge in [-0.15, -0.1) is 11.3 Å². The van der Waals surface area contributed by atoms with Gasteiger partial charge in [-0.1, -0.05) is 36.4 Å². The lowest BCUT2D eigenvalue weighted by atomic mass is 10.0. The molecule has 172 valence electrons. The summed E-state index contributed by atoms with van der Waals surface area (Å²) < 4.78 is 49.5. The second-order valence-electron chi connectivity index (χ2n) is 7.56. The second kappa shape index (κ2) is 9.27. The van der Waals surface area contributed by atoms with E-state index in [1.54, 1.807) is 24.3 Å². The Morgan fingerprint density at radius 3 is 2.48 bits per heavy atom. The quantitative estimate of drug-likeness (QED) is 0.303. The second-order valence-corrected chi connectivity index (χ2v) is 8.59. The number of nitrogens with zero attached hydrogens (tertiary/aromatic N) is 1. The number of aliphatic carboxylic acids is 1. The zero-order valence-electron chi connectivity index (χ0n) is 17.6. The summed E-state index contributed by atoms with van der Waals surface area (Å²) in [6, 6.07) is 11.9. The number of hydrogen-bond acceptors (Lipinski definition) is 5. The minimum absolute atomic E-state index is 0.00263. The van der Waals surface area contributed by atoms with Crippen molar-refractivity contribution in [2.24, 2.45) is 0 Å². The molecule has 2 aromatic carbocycles. The molecular weight excluding hydrogens is 455 g/mol. The first-order valence-electron chi connectivity index (χ1n) is 10.1. The Morgan fingerprint density at radius 2 is 1.88 bits per heavy atom. The van der Waals surface area contributed by atoms with Crippen molar-refractivity contribution < 1.29 is 32.5 Å². The fraction of sp³-hybridized carbons (Fsp3) is 0.250. The summed E-state index contributed by atoms with van der Waals surface area (Å²) >= 11 is 1.41. The molecule has 0 spiro atoms. The van der Waals surface area contributed by atoms with Gasteiger partial charge >= 0.3 is 12.1 Å². The first kappa shape index (κ1) is 22.8. The summed E-state index contributed by atoms with van der Waals surface area (Å²) in [6.45, 7) is 0.0837. The monoisotopic (exact) mass is 475 g/mol. The smallest absolute Gasteiger partial charge is 0.416 e. The molecule has 4 rings (SSSR count). The number of ether oxygens (including phenoxy) is 2. The van der Waals surface area contributed by atoms with E-state index in [1.165, 1.54) is 36.8 Å². The van der Waals surface area contributed by atoms with Crippen LogP contribution in [0, 0.1) is 0 Å². The number of hydrogen-bond donors (Lipinski definition) is 1. The molecule has 1 aliphatic carbocycles. The number of benzene rings is 2. The highest BCUT2D eigenvalue weighted by atomic mass is 32.1. The average Bonchev–Trinajstić information content (AvgIpc) is 3.55. The van der Waals surface area contributed by atoms with E-state index in [-0.39, 0.29) is 12.2 Å². The van der Waals surface area contributed by atoms with Crippen LogP contribution in [0.1, 0.15) is 40.3 Å². The van der Waals surface area contributed by atoms with Gasteiger partial charge in [-0.05, 0) is 42.0 Å². The van der Waals surface area contributed by atoms with Crippen LogP contribution < -0.4 is 4.74 Å². The van der Waals surface area contributed by atoms with Gasteiger partial charge in [-0.3, -0.25) is 0 Å². The Morgan fingerprint density at radius 1 is 1.18 bits per heavy atom. The topological polar surface area (TPSA) is 68.7 Å². The maximum atomic E-state index is 12.9. The predicted molar refractivity (Wildman–Crippen MR) is 118 cm³/mol. The molecule has 9 heteroatoms. The molecule has 0 atom stereocenters. The van der Waals surface area contributed by atoms with Crippen LogP contribution in [0.4, 0.5) is 13.2 Å². The van der Waals surface area contributed by atoms with E-state index in [4.69, 9.17) is 9.47 Å². The Bertz CT molecular complexity index is 1180. The highest BCUT2D eigenvalue weighted by Crippen LogP contribution is 2.49. The molecule has 0 amide bonds. The van der Waals surface area contributed by atoms with Gasteiger partial charge < -0.3 is 14.6 Å². The minimum Gasteiger partial charge on any atom is -0.503 e. The van der Waals surface area contributed by atoms with Crippen LogP contribution in [0.15, 0.2) is 54.8 Å². The molecule has 0 saturated heterocycles. The minimum atomic E-state index is -4.39. The fourth-order valence-electron chi connectivity index (χ4n) is 3.35. The number of carboxylic acids is 1. The summed E-state index contributed by atoms with van der Waals surface area (Å²) in [5, 5.41) is 10.1. The maximum absolute atomic E-state index is 12.9. The lowest BCUT2D eigenvalue weighted by Gasteiger charge is -2.11. The van der Waals surface area contributed by atoms with Crippen LogP contribution in [0.3, 0.4) is 0 Å². The summed E-state index contributed by atoms with van der Waals surface area (Å²) in [6.07, 6.45) is -1.22. The number of halogens is 3. The van der Waals surface area contributed by atoms with Gasteiger partial charge in [0.1, 0.15) is 17.2 Å². The van der Waals surface area contributed by atoms with Crippen LogP contribution in [0.25, 0.3) is 16.1 Å². The number of aromatic nitrogens is 1. The maximum Gasteiger partial charge on any atom is 0.416 e. The summed E-state index contributed by atoms with van der Waals surface area (Å²) in [4.78, 5) is 17.2. The standard InChI is InChI=1S/C24H20F3NO4S/c1-31-13-19(23(29)30)18-5-3-2-4-16(18)12-32-21-20(14-6-7-14)33-22(28-21)15-8-10-17(11-9-15)24(25,26)27/h2-5,8-11,13-14H,6-7,12H2,1H3,(H,29,30)/b19-13+. The molecule has 3 aromatic rings. The Balaban J connectivity index is 1.60. The highest BCUT2D eigenvalue weighted by molar-refractivity contribution is 7.15. The molecular formula is C24H20F3NO4S. The molecule has 1 N–H and O–H groups in total. The molecule has 1 saturated carbocycles. The van der Waals surface area contributed by atoms with Crippen molar-refractivity contribution in [3.8, 4) is 16.5 Å². The molecule has 0 radical (unpaired) electrons. The summed E-state index contributed by atoms with van der Waals surface area (Å²) in [5.41, 5.74) is 0.993. The predicted octanol–water partition coefficient (Wildman–Crippen LogP) is 6.36. The largest absolute Gasteiger partial charge is 0.503 e. The van der Waals surface area contributed by atoms with Crippen LogP contribution in [-0.2, 0) is 22.3 Å². The third kappa shape index (κ3) is 5.19. The zero-order valence-corrected chi connectivity index (χ0v) is 18.4. The van der Waals surface area contributed by atoms with Crippen molar-refractivity contribution in [3.05, 3.63) is 76.4 Å². The number of thiazole rings is 1. The van der Waals surface area contributed by atoms with Crippen LogP contribution in [0.5, 0.6) is 5.88 Å². The summed E-state index contributed by atoms with van der Waals surface area (Å²) in [7, 11) is 1.38. The molecule has 1 aliphatic rings.